The van der Waals surface area contributed by atoms with E-state index in [1.54, 1.807) is 25.5 Å². The molecule has 3 rings (SSSR count). The topological polar surface area (TPSA) is 97.9 Å². The number of nitrogens with zero attached hydrogens (tertiary/aromatic N) is 5. The number of allylic oxidation sites excluding steroid dienone is 2. The summed E-state index contributed by atoms with van der Waals surface area (Å²) in [6.07, 6.45) is 6.56. The van der Waals surface area contributed by atoms with Gasteiger partial charge in [-0.1, -0.05) is 19.2 Å². The number of aromatic nitrogens is 1. The summed E-state index contributed by atoms with van der Waals surface area (Å²) in [5.74, 6) is 0.907. The van der Waals surface area contributed by atoms with E-state index in [-0.39, 0.29) is 5.91 Å². The van der Waals surface area contributed by atoms with Crippen LogP contribution in [-0.2, 0) is 4.79 Å². The van der Waals surface area contributed by atoms with Gasteiger partial charge < -0.3 is 29.7 Å². The number of carbonyl (C=O) groups is 1. The highest BCUT2D eigenvalue weighted by Gasteiger charge is 2.16. The van der Waals surface area contributed by atoms with E-state index < -0.39 is 0 Å². The number of carbonyl (C=O) groups excluding carboxylic acids is 1. The van der Waals surface area contributed by atoms with E-state index in [1.807, 2.05) is 69.2 Å². The van der Waals surface area contributed by atoms with Gasteiger partial charge in [-0.2, -0.15) is 5.26 Å². The number of hydrogen-bond donors (Lipinski definition) is 2. The predicted molar refractivity (Wildman–Crippen MR) is 161 cm³/mol. The Morgan fingerprint density at radius 1 is 1.18 bits per heavy atom. The average molecular weight is 526 g/mol. The Morgan fingerprint density at radius 2 is 1.95 bits per heavy atom. The molecule has 3 aromatic rings. The first-order valence-corrected chi connectivity index (χ1v) is 12.4. The van der Waals surface area contributed by atoms with Gasteiger partial charge in [-0.25, -0.2) is 4.99 Å². The van der Waals surface area contributed by atoms with Crippen LogP contribution in [0, 0.1) is 11.3 Å². The smallest absolute Gasteiger partial charge is 0.247 e. The molecular formula is C30H35N7O2. The van der Waals surface area contributed by atoms with E-state index in [0.717, 1.165) is 29.7 Å². The first-order chi connectivity index (χ1) is 18.7. The van der Waals surface area contributed by atoms with Crippen molar-refractivity contribution in [3.8, 4) is 11.8 Å². The van der Waals surface area contributed by atoms with Crippen molar-refractivity contribution in [2.75, 3.05) is 56.9 Å². The largest absolute Gasteiger partial charge is 0.494 e. The number of benzene rings is 2. The molecule has 39 heavy (non-hydrogen) atoms. The molecule has 2 aromatic carbocycles. The minimum Gasteiger partial charge on any atom is -0.494 e. The Labute approximate surface area is 230 Å². The van der Waals surface area contributed by atoms with Crippen LogP contribution in [-0.4, -0.2) is 62.6 Å². The molecule has 0 saturated heterocycles. The monoisotopic (exact) mass is 525 g/mol. The summed E-state index contributed by atoms with van der Waals surface area (Å²) >= 11 is 0. The summed E-state index contributed by atoms with van der Waals surface area (Å²) < 4.78 is 7.57. The molecule has 0 aliphatic rings. The third kappa shape index (κ3) is 7.15. The minimum absolute atomic E-state index is 0.306. The zero-order valence-electron chi connectivity index (χ0n) is 23.2. The predicted octanol–water partition coefficient (Wildman–Crippen LogP) is 5.16. The molecule has 0 aliphatic carbocycles. The van der Waals surface area contributed by atoms with Gasteiger partial charge in [0, 0.05) is 49.7 Å². The van der Waals surface area contributed by atoms with Gasteiger partial charge >= 0.3 is 0 Å². The Bertz CT molecular complexity index is 1470. The molecule has 1 aromatic heterocycles. The van der Waals surface area contributed by atoms with Crippen LogP contribution in [0.25, 0.3) is 16.6 Å². The van der Waals surface area contributed by atoms with Crippen LogP contribution in [0.1, 0.15) is 12.5 Å². The third-order valence-electron chi connectivity index (χ3n) is 6.07. The number of fused-ring (bicyclic) bond motifs is 1. The molecule has 0 unspecified atom stereocenters. The van der Waals surface area contributed by atoms with Crippen molar-refractivity contribution in [3.63, 3.8) is 0 Å². The van der Waals surface area contributed by atoms with E-state index in [9.17, 15) is 10.1 Å². The molecule has 2 N–H and O–H groups in total. The van der Waals surface area contributed by atoms with Gasteiger partial charge in [0.1, 0.15) is 11.6 Å². The van der Waals surface area contributed by atoms with Gasteiger partial charge in [-0.3, -0.25) is 4.79 Å². The lowest BCUT2D eigenvalue weighted by atomic mass is 10.1. The van der Waals surface area contributed by atoms with Crippen molar-refractivity contribution in [2.24, 2.45) is 4.99 Å². The molecule has 0 saturated carbocycles. The molecule has 0 fully saturated rings. The van der Waals surface area contributed by atoms with Crippen LogP contribution >= 0.6 is 0 Å². The van der Waals surface area contributed by atoms with Gasteiger partial charge in [-0.05, 0) is 57.4 Å². The number of rotatable bonds is 11. The summed E-state index contributed by atoms with van der Waals surface area (Å²) in [7, 11) is 7.59. The van der Waals surface area contributed by atoms with E-state index in [4.69, 9.17) is 4.74 Å². The molecule has 9 heteroatoms. The Morgan fingerprint density at radius 3 is 2.62 bits per heavy atom. The zero-order valence-corrected chi connectivity index (χ0v) is 23.2. The lowest BCUT2D eigenvalue weighted by Crippen LogP contribution is -2.29. The van der Waals surface area contributed by atoms with Crippen molar-refractivity contribution < 1.29 is 9.53 Å². The standard InChI is InChI=1S/C30H35N7O2/c1-8-30(38)34-25-18-26(29(39-7)19-28(25)36(6)17-16-35(4)5)33-22(3)32-14-12-21(2)37-15-13-24-23(20-31)10-9-11-27(24)37/h8-15,18-19H,1-2,16-17H2,3-7H3,(H,32,33)(H,34,38)/b14-12-. The summed E-state index contributed by atoms with van der Waals surface area (Å²) in [5.41, 5.74) is 4.31. The molecule has 0 aliphatic heterocycles. The number of ether oxygens (including phenoxy) is 1. The SMILES string of the molecule is C=CC(=O)Nc1cc(NC(C)=N/C=C\C(=C)n2ccc3c(C#N)cccc32)c(OC)cc1N(C)CCN(C)C. The molecule has 202 valence electrons. The number of amidine groups is 1. The quantitative estimate of drug-likeness (QED) is 0.155. The number of hydrogen-bond acceptors (Lipinski definition) is 6. The van der Waals surface area contributed by atoms with Gasteiger partial charge in [-0.15, -0.1) is 0 Å². The summed E-state index contributed by atoms with van der Waals surface area (Å²) in [5, 5.41) is 16.4. The van der Waals surface area contributed by atoms with Gasteiger partial charge in [0.15, 0.2) is 0 Å². The van der Waals surface area contributed by atoms with Crippen LogP contribution in [0.4, 0.5) is 17.1 Å². The molecule has 1 amide bonds. The number of anilines is 3. The van der Waals surface area contributed by atoms with Crippen molar-refractivity contribution >= 4 is 45.4 Å². The summed E-state index contributed by atoms with van der Waals surface area (Å²) in [6, 6.07) is 13.4. The second kappa shape index (κ2) is 13.1. The highest BCUT2D eigenvalue weighted by atomic mass is 16.5. The first-order valence-electron chi connectivity index (χ1n) is 12.4. The number of methoxy groups -OCH3 is 1. The fraction of sp³-hybridized carbons (Fsp3) is 0.233. The number of nitrogens with one attached hydrogen (secondary N) is 2. The maximum atomic E-state index is 12.2. The van der Waals surface area contributed by atoms with Crippen molar-refractivity contribution in [1.82, 2.24) is 9.47 Å². The number of nitriles is 1. The Kier molecular flexibility index (Phi) is 9.68. The van der Waals surface area contributed by atoms with Crippen molar-refractivity contribution in [2.45, 2.75) is 6.92 Å². The highest BCUT2D eigenvalue weighted by molar-refractivity contribution is 6.03. The number of likely N-dealkylation sites (N-methyl/N-ethyl adjacent to an activating group) is 2. The second-order valence-corrected chi connectivity index (χ2v) is 9.17. The van der Waals surface area contributed by atoms with Crippen LogP contribution in [0.15, 0.2) is 79.1 Å². The number of aliphatic imine (C=N–C) groups is 1. The Hall–Kier alpha value is -4.81. The molecule has 0 bridgehead atoms. The second-order valence-electron chi connectivity index (χ2n) is 9.17. The maximum absolute atomic E-state index is 12.2. The first kappa shape index (κ1) is 28.8. The minimum atomic E-state index is -0.306. The molecule has 0 radical (unpaired) electrons. The van der Waals surface area contributed by atoms with Gasteiger partial charge in [0.25, 0.3) is 0 Å². The summed E-state index contributed by atoms with van der Waals surface area (Å²) in [4.78, 5) is 20.8. The molecular weight excluding hydrogens is 490 g/mol. The van der Waals surface area contributed by atoms with E-state index in [0.29, 0.717) is 34.2 Å². The lowest BCUT2D eigenvalue weighted by Gasteiger charge is -2.26. The van der Waals surface area contributed by atoms with Crippen LogP contribution in [0.3, 0.4) is 0 Å². The zero-order chi connectivity index (χ0) is 28.5. The summed E-state index contributed by atoms with van der Waals surface area (Å²) in [6.45, 7) is 11.1. The third-order valence-corrected chi connectivity index (χ3v) is 6.07. The van der Waals surface area contributed by atoms with E-state index >= 15 is 0 Å². The van der Waals surface area contributed by atoms with Crippen molar-refractivity contribution in [3.05, 3.63) is 79.7 Å². The molecule has 0 spiro atoms. The van der Waals surface area contributed by atoms with Gasteiger partial charge in [0.2, 0.25) is 5.91 Å². The lowest BCUT2D eigenvalue weighted by molar-refractivity contribution is -0.111. The van der Waals surface area contributed by atoms with Crippen LogP contribution in [0.2, 0.25) is 0 Å². The van der Waals surface area contributed by atoms with Crippen molar-refractivity contribution in [1.29, 1.82) is 5.26 Å². The molecule has 9 nitrogen and oxygen atoms in total. The average Bonchev–Trinajstić information content (AvgIpc) is 3.36. The molecule has 1 heterocycles. The Balaban J connectivity index is 1.84. The van der Waals surface area contributed by atoms with Crippen LogP contribution < -0.4 is 20.3 Å². The van der Waals surface area contributed by atoms with Gasteiger partial charge in [0.05, 0.1) is 41.3 Å². The molecule has 0 atom stereocenters. The highest BCUT2D eigenvalue weighted by Crippen LogP contribution is 2.37. The van der Waals surface area contributed by atoms with E-state index in [1.165, 1.54) is 6.08 Å². The fourth-order valence-corrected chi connectivity index (χ4v) is 3.96. The van der Waals surface area contributed by atoms with E-state index in [2.05, 4.69) is 44.7 Å². The fourth-order valence-electron chi connectivity index (χ4n) is 3.96. The van der Waals surface area contributed by atoms with Crippen LogP contribution in [0.5, 0.6) is 5.75 Å². The number of amides is 1. The normalized spacial score (nSPS) is 11.5. The maximum Gasteiger partial charge on any atom is 0.247 e.